The Morgan fingerprint density at radius 3 is 3.09 bits per heavy atom. The number of amides is 1. The van der Waals surface area contributed by atoms with Crippen LogP contribution in [-0.2, 0) is 6.42 Å². The third kappa shape index (κ3) is 2.82. The molecule has 1 aromatic carbocycles. The first-order valence-corrected chi connectivity index (χ1v) is 7.92. The zero-order valence-corrected chi connectivity index (χ0v) is 12.8. The van der Waals surface area contributed by atoms with E-state index in [0.717, 1.165) is 31.4 Å². The number of carbonyl (C=O) groups excluding carboxylic acids is 1. The topological polar surface area (TPSA) is 61.9 Å². The lowest BCUT2D eigenvalue weighted by molar-refractivity contribution is 0.0781. The number of likely N-dealkylation sites (tertiary alicyclic amines) is 1. The van der Waals surface area contributed by atoms with E-state index >= 15 is 0 Å². The lowest BCUT2D eigenvalue weighted by atomic mass is 9.99. The van der Waals surface area contributed by atoms with Crippen LogP contribution in [0.3, 0.4) is 0 Å². The summed E-state index contributed by atoms with van der Waals surface area (Å²) in [4.78, 5) is 18.8. The lowest BCUT2D eigenvalue weighted by Crippen LogP contribution is -2.29. The third-order valence-electron chi connectivity index (χ3n) is 4.48. The molecule has 0 unspecified atom stereocenters. The van der Waals surface area contributed by atoms with E-state index in [-0.39, 0.29) is 5.91 Å². The van der Waals surface area contributed by atoms with Crippen molar-refractivity contribution in [2.45, 2.75) is 12.8 Å². The molecule has 116 valence electrons. The summed E-state index contributed by atoms with van der Waals surface area (Å²) >= 11 is 0. The van der Waals surface area contributed by atoms with Crippen molar-refractivity contribution >= 4 is 16.8 Å². The van der Waals surface area contributed by atoms with Crippen LogP contribution in [0.15, 0.2) is 48.8 Å². The molecule has 1 atom stereocenters. The van der Waals surface area contributed by atoms with Gasteiger partial charge in [-0.25, -0.2) is 0 Å². The Bertz CT molecular complexity index is 828. The van der Waals surface area contributed by atoms with Crippen LogP contribution < -0.4 is 0 Å². The van der Waals surface area contributed by atoms with E-state index in [2.05, 4.69) is 27.3 Å². The molecule has 3 aromatic rings. The Morgan fingerprint density at radius 2 is 2.22 bits per heavy atom. The van der Waals surface area contributed by atoms with Crippen LogP contribution in [-0.4, -0.2) is 39.1 Å². The van der Waals surface area contributed by atoms with Crippen molar-refractivity contribution in [3.8, 4) is 0 Å². The summed E-state index contributed by atoms with van der Waals surface area (Å²) in [5.41, 5.74) is 2.83. The van der Waals surface area contributed by atoms with Crippen LogP contribution in [0, 0.1) is 5.92 Å². The zero-order valence-electron chi connectivity index (χ0n) is 12.8. The molecule has 1 fully saturated rings. The van der Waals surface area contributed by atoms with Gasteiger partial charge in [-0.05, 0) is 42.5 Å². The van der Waals surface area contributed by atoms with E-state index in [1.165, 1.54) is 10.9 Å². The van der Waals surface area contributed by atoms with Gasteiger partial charge in [0.2, 0.25) is 0 Å². The van der Waals surface area contributed by atoms with Crippen LogP contribution in [0.25, 0.3) is 10.9 Å². The molecule has 4 rings (SSSR count). The number of H-pyrrole nitrogens is 1. The molecule has 0 spiro atoms. The first-order chi connectivity index (χ1) is 11.3. The molecule has 5 nitrogen and oxygen atoms in total. The Hall–Kier alpha value is -2.69. The number of pyridine rings is 1. The summed E-state index contributed by atoms with van der Waals surface area (Å²) < 4.78 is 0. The molecule has 3 heterocycles. The minimum atomic E-state index is 0.0432. The molecule has 1 amide bonds. The first kappa shape index (κ1) is 13.9. The second-order valence-corrected chi connectivity index (χ2v) is 6.12. The minimum Gasteiger partial charge on any atom is -0.337 e. The van der Waals surface area contributed by atoms with Gasteiger partial charge in [-0.2, -0.15) is 5.10 Å². The number of rotatable bonds is 3. The molecule has 1 saturated heterocycles. The van der Waals surface area contributed by atoms with Crippen molar-refractivity contribution in [1.82, 2.24) is 20.1 Å². The summed E-state index contributed by atoms with van der Waals surface area (Å²) in [6.07, 6.45) is 5.57. The van der Waals surface area contributed by atoms with Gasteiger partial charge in [-0.1, -0.05) is 18.2 Å². The number of carbonyl (C=O) groups is 1. The Morgan fingerprint density at radius 1 is 1.30 bits per heavy atom. The second kappa shape index (κ2) is 5.83. The quantitative estimate of drug-likeness (QED) is 0.809. The summed E-state index contributed by atoms with van der Waals surface area (Å²) in [7, 11) is 0. The van der Waals surface area contributed by atoms with Gasteiger partial charge in [0.1, 0.15) is 5.69 Å². The lowest BCUT2D eigenvalue weighted by Gasteiger charge is -2.15. The molecular weight excluding hydrogens is 288 g/mol. The van der Waals surface area contributed by atoms with E-state index in [4.69, 9.17) is 0 Å². The van der Waals surface area contributed by atoms with Crippen molar-refractivity contribution in [1.29, 1.82) is 0 Å². The average molecular weight is 306 g/mol. The van der Waals surface area contributed by atoms with Gasteiger partial charge in [0, 0.05) is 30.9 Å². The number of aromatic amines is 1. The van der Waals surface area contributed by atoms with E-state index in [1.54, 1.807) is 12.3 Å². The van der Waals surface area contributed by atoms with Crippen LogP contribution in [0.4, 0.5) is 0 Å². The highest BCUT2D eigenvalue weighted by atomic mass is 16.2. The van der Waals surface area contributed by atoms with Gasteiger partial charge >= 0.3 is 0 Å². The predicted molar refractivity (Wildman–Crippen MR) is 88.0 cm³/mol. The monoisotopic (exact) mass is 306 g/mol. The number of nitrogens with one attached hydrogen (secondary N) is 1. The summed E-state index contributed by atoms with van der Waals surface area (Å²) in [5, 5.41) is 7.77. The summed E-state index contributed by atoms with van der Waals surface area (Å²) in [6.45, 7) is 1.61. The van der Waals surface area contributed by atoms with Crippen molar-refractivity contribution in [2.75, 3.05) is 13.1 Å². The molecule has 23 heavy (non-hydrogen) atoms. The number of fused-ring (bicyclic) bond motifs is 1. The predicted octanol–water partition coefficient (Wildman–Crippen LogP) is 2.66. The number of aromatic nitrogens is 3. The minimum absolute atomic E-state index is 0.0432. The fraction of sp³-hybridized carbons (Fsp3) is 0.278. The van der Waals surface area contributed by atoms with E-state index in [9.17, 15) is 4.79 Å². The normalized spacial score (nSPS) is 17.7. The molecule has 5 heteroatoms. The van der Waals surface area contributed by atoms with Crippen LogP contribution in [0.1, 0.15) is 22.5 Å². The standard InChI is InChI=1S/C18H18N4O/c23-18(17-5-7-20-21-17)22-8-6-13(12-22)9-14-10-15-3-1-2-4-16(15)19-11-14/h1-5,7,10-11,13H,6,8-9,12H2,(H,20,21)/t13-/m0/s1. The SMILES string of the molecule is O=C(c1ccn[nH]1)N1CC[C@@H](Cc2cnc3ccccc3c2)C1. The largest absolute Gasteiger partial charge is 0.337 e. The van der Waals surface area contributed by atoms with E-state index < -0.39 is 0 Å². The number of para-hydroxylation sites is 1. The molecular formula is C18H18N4O. The first-order valence-electron chi connectivity index (χ1n) is 7.92. The summed E-state index contributed by atoms with van der Waals surface area (Å²) in [5.74, 6) is 0.534. The highest BCUT2D eigenvalue weighted by molar-refractivity contribution is 5.92. The molecule has 2 aromatic heterocycles. The van der Waals surface area contributed by atoms with Gasteiger partial charge in [0.05, 0.1) is 5.52 Å². The highest BCUT2D eigenvalue weighted by Crippen LogP contribution is 2.23. The number of hydrogen-bond donors (Lipinski definition) is 1. The van der Waals surface area contributed by atoms with Crippen molar-refractivity contribution in [3.63, 3.8) is 0 Å². The van der Waals surface area contributed by atoms with Crippen molar-refractivity contribution < 1.29 is 4.79 Å². The maximum atomic E-state index is 12.3. The molecule has 1 aliphatic heterocycles. The number of nitrogens with zero attached hydrogens (tertiary/aromatic N) is 3. The average Bonchev–Trinajstić information content (AvgIpc) is 3.26. The van der Waals surface area contributed by atoms with Gasteiger partial charge in [-0.15, -0.1) is 0 Å². The molecule has 1 aliphatic rings. The molecule has 0 aliphatic carbocycles. The van der Waals surface area contributed by atoms with E-state index in [0.29, 0.717) is 11.6 Å². The van der Waals surface area contributed by atoms with Gasteiger partial charge < -0.3 is 4.90 Å². The Labute approximate surface area is 134 Å². The van der Waals surface area contributed by atoms with Crippen molar-refractivity contribution in [3.05, 3.63) is 60.0 Å². The molecule has 0 saturated carbocycles. The third-order valence-corrected chi connectivity index (χ3v) is 4.48. The van der Waals surface area contributed by atoms with Crippen LogP contribution in [0.2, 0.25) is 0 Å². The van der Waals surface area contributed by atoms with Gasteiger partial charge in [0.25, 0.3) is 5.91 Å². The maximum absolute atomic E-state index is 12.3. The fourth-order valence-electron chi connectivity index (χ4n) is 3.29. The zero-order chi connectivity index (χ0) is 15.6. The smallest absolute Gasteiger partial charge is 0.271 e. The van der Waals surface area contributed by atoms with Crippen LogP contribution in [0.5, 0.6) is 0 Å². The number of hydrogen-bond acceptors (Lipinski definition) is 3. The van der Waals surface area contributed by atoms with Gasteiger partial charge in [0.15, 0.2) is 0 Å². The summed E-state index contributed by atoms with van der Waals surface area (Å²) in [6, 6.07) is 12.1. The highest BCUT2D eigenvalue weighted by Gasteiger charge is 2.27. The Kier molecular flexibility index (Phi) is 3.54. The fourth-order valence-corrected chi connectivity index (χ4v) is 3.29. The van der Waals surface area contributed by atoms with Crippen molar-refractivity contribution in [2.24, 2.45) is 5.92 Å². The molecule has 0 radical (unpaired) electrons. The van der Waals surface area contributed by atoms with E-state index in [1.807, 2.05) is 29.3 Å². The Balaban J connectivity index is 1.44. The number of benzene rings is 1. The molecule has 1 N–H and O–H groups in total. The van der Waals surface area contributed by atoms with Crippen LogP contribution >= 0.6 is 0 Å². The maximum Gasteiger partial charge on any atom is 0.271 e. The van der Waals surface area contributed by atoms with Gasteiger partial charge in [-0.3, -0.25) is 14.9 Å². The second-order valence-electron chi connectivity index (χ2n) is 6.12. The molecule has 0 bridgehead atoms.